The predicted octanol–water partition coefficient (Wildman–Crippen LogP) is 5.37. The van der Waals surface area contributed by atoms with Gasteiger partial charge in [-0.15, -0.1) is 9.24 Å². The summed E-state index contributed by atoms with van der Waals surface area (Å²) in [4.78, 5) is 11.8. The number of benzene rings is 1. The lowest BCUT2D eigenvalue weighted by Gasteiger charge is -2.23. The summed E-state index contributed by atoms with van der Waals surface area (Å²) in [5, 5.41) is 23.0. The van der Waals surface area contributed by atoms with Crippen LogP contribution in [0.25, 0.3) is 16.5 Å². The zero-order valence-corrected chi connectivity index (χ0v) is 25.0. The molecule has 3 N–H and O–H groups in total. The standard InChI is InChI=1S/C29H35FN5O2PS/c1-7-15(3)23(18(9-31)27(22(30)8-2)39-17(5)32)24-21-13-37-12-20(21)19-10-33-28(34-25(19)26(24)38)35-11-16(4)29(6,36)14-35/h8,10,16,36H,5,7,11-14,32,38H2,1-4,6H3/b22-8+,23-15-,27-18+. The molecule has 1 aromatic carbocycles. The summed E-state index contributed by atoms with van der Waals surface area (Å²) in [7, 11) is 2.80. The maximum Gasteiger partial charge on any atom is 0.226 e. The topological polar surface area (TPSA) is 108 Å². The van der Waals surface area contributed by atoms with Gasteiger partial charge in [-0.3, -0.25) is 0 Å². The number of aromatic nitrogens is 2. The molecule has 2 aliphatic rings. The van der Waals surface area contributed by atoms with Crippen molar-refractivity contribution in [2.24, 2.45) is 11.7 Å². The lowest BCUT2D eigenvalue weighted by atomic mass is 9.86. The van der Waals surface area contributed by atoms with Crippen LogP contribution < -0.4 is 15.9 Å². The second kappa shape index (κ2) is 11.4. The van der Waals surface area contributed by atoms with Gasteiger partial charge in [-0.25, -0.2) is 14.4 Å². The minimum absolute atomic E-state index is 0.0658. The normalized spacial score (nSPS) is 22.5. The second-order valence-corrected chi connectivity index (χ2v) is 12.1. The lowest BCUT2D eigenvalue weighted by Crippen LogP contribution is -2.33. The monoisotopic (exact) mass is 567 g/mol. The van der Waals surface area contributed by atoms with Gasteiger partial charge in [-0.1, -0.05) is 43.8 Å². The van der Waals surface area contributed by atoms with Crippen molar-refractivity contribution in [2.45, 2.75) is 59.9 Å². The Bertz CT molecular complexity index is 1490. The van der Waals surface area contributed by atoms with Gasteiger partial charge in [0.2, 0.25) is 5.95 Å². The van der Waals surface area contributed by atoms with Crippen LogP contribution in [0.1, 0.15) is 57.7 Å². The molecule has 3 atom stereocenters. The fourth-order valence-electron chi connectivity index (χ4n) is 5.13. The largest absolute Gasteiger partial charge is 0.394 e. The number of hydrogen-bond acceptors (Lipinski definition) is 8. The minimum atomic E-state index is -0.836. The van der Waals surface area contributed by atoms with Gasteiger partial charge in [-0.05, 0) is 43.9 Å². The quantitative estimate of drug-likeness (QED) is 0.261. The first kappa shape index (κ1) is 29.2. The highest BCUT2D eigenvalue weighted by Gasteiger charge is 2.40. The molecule has 1 saturated heterocycles. The van der Waals surface area contributed by atoms with E-state index in [1.54, 1.807) is 6.92 Å². The number of hydrogen-bond donors (Lipinski definition) is 2. The van der Waals surface area contributed by atoms with Gasteiger partial charge in [0.15, 0.2) is 0 Å². The molecule has 0 bridgehead atoms. The average molecular weight is 568 g/mol. The zero-order chi connectivity index (χ0) is 28.6. The number of thioether (sulfide) groups is 1. The van der Waals surface area contributed by atoms with Crippen molar-refractivity contribution in [1.82, 2.24) is 9.97 Å². The first-order valence-corrected chi connectivity index (χ1v) is 14.3. The summed E-state index contributed by atoms with van der Waals surface area (Å²) in [5.41, 5.74) is 10.2. The highest BCUT2D eigenvalue weighted by Crippen LogP contribution is 2.43. The number of allylic oxidation sites excluding steroid dienone is 5. The van der Waals surface area contributed by atoms with E-state index in [1.807, 2.05) is 38.8 Å². The first-order valence-electron chi connectivity index (χ1n) is 12.9. The van der Waals surface area contributed by atoms with E-state index in [4.69, 9.17) is 15.5 Å². The van der Waals surface area contributed by atoms with E-state index in [0.717, 1.165) is 44.7 Å². The van der Waals surface area contributed by atoms with Crippen molar-refractivity contribution in [3.8, 4) is 6.07 Å². The van der Waals surface area contributed by atoms with E-state index in [-0.39, 0.29) is 21.4 Å². The average Bonchev–Trinajstić information content (AvgIpc) is 3.49. The molecule has 0 radical (unpaired) electrons. The molecule has 0 spiro atoms. The summed E-state index contributed by atoms with van der Waals surface area (Å²) < 4.78 is 21.1. The van der Waals surface area contributed by atoms with E-state index in [2.05, 4.69) is 26.9 Å². The van der Waals surface area contributed by atoms with Gasteiger partial charge in [0.25, 0.3) is 0 Å². The number of nitriles is 1. The predicted molar refractivity (Wildman–Crippen MR) is 161 cm³/mol. The van der Waals surface area contributed by atoms with Crippen molar-refractivity contribution in [1.29, 1.82) is 5.26 Å². The lowest BCUT2D eigenvalue weighted by molar-refractivity contribution is 0.0443. The molecule has 3 unspecified atom stereocenters. The molecule has 0 aliphatic carbocycles. The van der Waals surface area contributed by atoms with Gasteiger partial charge in [0, 0.05) is 41.5 Å². The summed E-state index contributed by atoms with van der Waals surface area (Å²) >= 11 is 0.947. The number of β-amino-alcohol motifs (C(OH)–C–C–N with tert-alkyl or cyclic N) is 1. The molecule has 10 heteroatoms. The summed E-state index contributed by atoms with van der Waals surface area (Å²) in [6.07, 6.45) is 3.78. The van der Waals surface area contributed by atoms with Crippen LogP contribution >= 0.6 is 21.0 Å². The van der Waals surface area contributed by atoms with Crippen molar-refractivity contribution in [3.05, 3.63) is 62.4 Å². The molecule has 39 heavy (non-hydrogen) atoms. The third kappa shape index (κ3) is 5.36. The van der Waals surface area contributed by atoms with E-state index in [9.17, 15) is 10.4 Å². The molecule has 1 aromatic heterocycles. The Kier molecular flexibility index (Phi) is 8.53. The molecule has 7 nitrogen and oxygen atoms in total. The molecule has 206 valence electrons. The van der Waals surface area contributed by atoms with Crippen molar-refractivity contribution in [2.75, 3.05) is 18.0 Å². The van der Waals surface area contributed by atoms with Crippen LogP contribution in [0.5, 0.6) is 0 Å². The van der Waals surface area contributed by atoms with Crippen molar-refractivity contribution >= 4 is 48.7 Å². The van der Waals surface area contributed by atoms with Crippen LogP contribution in [0.15, 0.2) is 45.8 Å². The molecule has 0 saturated carbocycles. The number of halogens is 1. The van der Waals surface area contributed by atoms with Gasteiger partial charge in [-0.2, -0.15) is 5.26 Å². The Labute approximate surface area is 235 Å². The minimum Gasteiger partial charge on any atom is -0.394 e. The van der Waals surface area contributed by atoms with E-state index in [1.165, 1.54) is 6.08 Å². The number of aliphatic hydroxyl groups is 1. The molecule has 2 aromatic rings. The highest BCUT2D eigenvalue weighted by molar-refractivity contribution is 8.06. The summed E-state index contributed by atoms with van der Waals surface area (Å²) in [6, 6.07) is 2.28. The molecular weight excluding hydrogens is 532 g/mol. The number of nitrogens with two attached hydrogens (primary N) is 1. The maximum atomic E-state index is 15.2. The number of anilines is 1. The van der Waals surface area contributed by atoms with Crippen LogP contribution in [0.3, 0.4) is 0 Å². The molecular formula is C29H35FN5O2PS. The van der Waals surface area contributed by atoms with E-state index in [0.29, 0.717) is 49.8 Å². The van der Waals surface area contributed by atoms with Crippen LogP contribution in [0.4, 0.5) is 10.3 Å². The number of rotatable bonds is 7. The number of fused-ring (bicyclic) bond motifs is 3. The van der Waals surface area contributed by atoms with Crippen LogP contribution in [-0.2, 0) is 18.0 Å². The van der Waals surface area contributed by atoms with Crippen molar-refractivity contribution in [3.63, 3.8) is 0 Å². The van der Waals surface area contributed by atoms with Crippen LogP contribution in [0.2, 0.25) is 0 Å². The molecule has 1 fully saturated rings. The zero-order valence-electron chi connectivity index (χ0n) is 23.1. The van der Waals surface area contributed by atoms with Crippen LogP contribution in [-0.4, -0.2) is 33.8 Å². The molecule has 3 heterocycles. The summed E-state index contributed by atoms with van der Waals surface area (Å²) in [6.45, 7) is 14.9. The second-order valence-electron chi connectivity index (χ2n) is 10.3. The fourth-order valence-corrected chi connectivity index (χ4v) is 6.39. The van der Waals surface area contributed by atoms with Crippen LogP contribution in [0, 0.1) is 17.2 Å². The Balaban J connectivity index is 2.04. The number of ether oxygens (including phenoxy) is 1. The smallest absolute Gasteiger partial charge is 0.226 e. The molecule has 0 amide bonds. The van der Waals surface area contributed by atoms with Crippen molar-refractivity contribution < 1.29 is 14.2 Å². The van der Waals surface area contributed by atoms with Gasteiger partial charge in [0.1, 0.15) is 11.9 Å². The Morgan fingerprint density at radius 1 is 1.46 bits per heavy atom. The molecule has 4 rings (SSSR count). The van der Waals surface area contributed by atoms with Gasteiger partial charge >= 0.3 is 0 Å². The van der Waals surface area contributed by atoms with E-state index < -0.39 is 11.4 Å². The maximum absolute atomic E-state index is 15.2. The summed E-state index contributed by atoms with van der Waals surface area (Å²) in [5.74, 6) is 0.0597. The first-order chi connectivity index (χ1) is 18.4. The number of nitrogens with zero attached hydrogens (tertiary/aromatic N) is 4. The van der Waals surface area contributed by atoms with E-state index >= 15 is 4.39 Å². The SMILES string of the molecule is C=C(N)SC(=C(C#N)/C(=C(\C)CC)c1c2c(c3cnc(N4CC(C)C(C)(O)C4)nc3c1P)COC2)/C(F)=C\C. The van der Waals surface area contributed by atoms with Gasteiger partial charge in [0.05, 0.1) is 39.8 Å². The van der Waals surface area contributed by atoms with Gasteiger partial charge < -0.3 is 20.5 Å². The third-order valence-electron chi connectivity index (χ3n) is 7.63. The third-order valence-corrected chi connectivity index (χ3v) is 9.06. The Morgan fingerprint density at radius 3 is 2.72 bits per heavy atom. The highest BCUT2D eigenvalue weighted by atomic mass is 32.2. The Morgan fingerprint density at radius 2 is 2.15 bits per heavy atom. The molecule has 2 aliphatic heterocycles. The fraction of sp³-hybridized carbons (Fsp3) is 0.414. The Hall–Kier alpha value is -2.76.